The zero-order chi connectivity index (χ0) is 31.3. The van der Waals surface area contributed by atoms with Crippen molar-refractivity contribution < 1.29 is 27.4 Å². The van der Waals surface area contributed by atoms with E-state index in [2.05, 4.69) is 11.1 Å². The first-order valence-electron chi connectivity index (χ1n) is 15.8. The quantitative estimate of drug-likeness (QED) is 0.256. The zero-order valence-corrected chi connectivity index (χ0v) is 25.9. The van der Waals surface area contributed by atoms with Gasteiger partial charge in [0.2, 0.25) is 0 Å². The largest absolute Gasteiger partial charge is 0.489 e. The van der Waals surface area contributed by atoms with Crippen LogP contribution in [0.2, 0.25) is 0 Å². The van der Waals surface area contributed by atoms with E-state index < -0.39 is 17.7 Å². The summed E-state index contributed by atoms with van der Waals surface area (Å²) in [6, 6.07) is 19.8. The Bertz CT molecular complexity index is 1390. The zero-order valence-electron chi connectivity index (χ0n) is 25.9. The van der Waals surface area contributed by atoms with Gasteiger partial charge in [-0.3, -0.25) is 4.98 Å². The maximum atomic E-state index is 13.5. The maximum Gasteiger partial charge on any atom is 0.410 e. The van der Waals surface area contributed by atoms with E-state index in [0.717, 1.165) is 53.0 Å². The molecule has 1 heterocycles. The second-order valence-corrected chi connectivity index (χ2v) is 13.1. The van der Waals surface area contributed by atoms with Gasteiger partial charge >= 0.3 is 12.3 Å². The van der Waals surface area contributed by atoms with E-state index in [0.29, 0.717) is 32.4 Å². The fourth-order valence-corrected chi connectivity index (χ4v) is 6.49. The average molecular weight is 609 g/mol. The molecule has 1 saturated carbocycles. The molecule has 0 spiro atoms. The molecular weight excluding hydrogens is 565 g/mol. The smallest absolute Gasteiger partial charge is 0.410 e. The number of ether oxygens (including phenoxy) is 2. The number of fused-ring (bicyclic) bond motifs is 1. The van der Waals surface area contributed by atoms with Crippen molar-refractivity contribution in [3.8, 4) is 5.75 Å². The average Bonchev–Trinajstić information content (AvgIpc) is 3.00. The fourth-order valence-electron chi connectivity index (χ4n) is 6.49. The number of amides is 1. The van der Waals surface area contributed by atoms with Crippen LogP contribution in [0.5, 0.6) is 5.75 Å². The van der Waals surface area contributed by atoms with Gasteiger partial charge in [0.1, 0.15) is 18.0 Å². The van der Waals surface area contributed by atoms with Crippen LogP contribution in [0.25, 0.3) is 0 Å². The lowest BCUT2D eigenvalue weighted by Gasteiger charge is -2.36. The summed E-state index contributed by atoms with van der Waals surface area (Å²) in [6.07, 6.45) is 2.25. The lowest BCUT2D eigenvalue weighted by Crippen LogP contribution is -2.41. The first-order valence-corrected chi connectivity index (χ1v) is 15.8. The van der Waals surface area contributed by atoms with Crippen molar-refractivity contribution in [1.82, 2.24) is 9.88 Å². The van der Waals surface area contributed by atoms with Gasteiger partial charge in [-0.05, 0) is 112 Å². The summed E-state index contributed by atoms with van der Waals surface area (Å²) in [7, 11) is 0. The summed E-state index contributed by atoms with van der Waals surface area (Å²) >= 11 is 0. The Hall–Kier alpha value is -3.55. The molecule has 2 aliphatic rings. The molecule has 0 bridgehead atoms. The van der Waals surface area contributed by atoms with Crippen molar-refractivity contribution in [3.05, 3.63) is 94.8 Å². The predicted molar refractivity (Wildman–Crippen MR) is 165 cm³/mol. The molecule has 0 aliphatic heterocycles. The number of rotatable bonds is 8. The van der Waals surface area contributed by atoms with Crippen molar-refractivity contribution in [2.45, 2.75) is 102 Å². The number of aryl methyl sites for hydroxylation is 1. The number of halogens is 3. The number of aromatic nitrogens is 1. The number of benzene rings is 2. The Labute approximate surface area is 258 Å². The Morgan fingerprint density at radius 1 is 0.932 bits per heavy atom. The van der Waals surface area contributed by atoms with Crippen molar-refractivity contribution in [2.75, 3.05) is 6.54 Å². The molecule has 236 valence electrons. The third kappa shape index (κ3) is 8.13. The van der Waals surface area contributed by atoms with Crippen LogP contribution in [0.15, 0.2) is 66.9 Å². The van der Waals surface area contributed by atoms with Gasteiger partial charge < -0.3 is 14.4 Å². The molecule has 5 rings (SSSR count). The van der Waals surface area contributed by atoms with Crippen LogP contribution in [0.4, 0.5) is 18.0 Å². The van der Waals surface area contributed by atoms with Crippen molar-refractivity contribution in [1.29, 1.82) is 0 Å². The van der Waals surface area contributed by atoms with E-state index in [1.54, 1.807) is 0 Å². The lowest BCUT2D eigenvalue weighted by atomic mass is 9.78. The molecule has 0 radical (unpaired) electrons. The van der Waals surface area contributed by atoms with E-state index in [1.807, 2.05) is 86.5 Å². The van der Waals surface area contributed by atoms with Crippen LogP contribution in [0.3, 0.4) is 0 Å². The highest BCUT2D eigenvalue weighted by atomic mass is 19.4. The number of carbonyl (C=O) groups is 1. The Morgan fingerprint density at radius 3 is 2.36 bits per heavy atom. The van der Waals surface area contributed by atoms with Crippen LogP contribution in [-0.2, 0) is 24.2 Å². The molecule has 5 nitrogen and oxygen atoms in total. The number of para-hydroxylation sites is 1. The molecule has 1 aromatic heterocycles. The second kappa shape index (κ2) is 13.6. The van der Waals surface area contributed by atoms with E-state index in [-0.39, 0.29) is 30.9 Å². The molecule has 3 aromatic rings. The van der Waals surface area contributed by atoms with E-state index in [1.165, 1.54) is 0 Å². The minimum Gasteiger partial charge on any atom is -0.489 e. The highest BCUT2D eigenvalue weighted by Crippen LogP contribution is 2.43. The van der Waals surface area contributed by atoms with E-state index >= 15 is 0 Å². The molecule has 1 amide bonds. The van der Waals surface area contributed by atoms with Crippen molar-refractivity contribution in [3.63, 3.8) is 0 Å². The predicted octanol–water partition coefficient (Wildman–Crippen LogP) is 9.35. The van der Waals surface area contributed by atoms with Gasteiger partial charge in [0.15, 0.2) is 0 Å². The molecule has 2 aromatic carbocycles. The summed E-state index contributed by atoms with van der Waals surface area (Å²) < 4.78 is 51.3. The molecule has 1 fully saturated rings. The van der Waals surface area contributed by atoms with Gasteiger partial charge in [0.05, 0.1) is 12.0 Å². The molecule has 44 heavy (non-hydrogen) atoms. The topological polar surface area (TPSA) is 51.7 Å². The fraction of sp³-hybridized carbons (Fsp3) is 0.500. The van der Waals surface area contributed by atoms with Crippen LogP contribution >= 0.6 is 0 Å². The third-order valence-corrected chi connectivity index (χ3v) is 8.81. The number of carbonyl (C=O) groups excluding carboxylic acids is 1. The number of hydrogen-bond acceptors (Lipinski definition) is 4. The summed E-state index contributed by atoms with van der Waals surface area (Å²) in [6.45, 7) is 6.49. The summed E-state index contributed by atoms with van der Waals surface area (Å²) in [4.78, 5) is 19.9. The first-order chi connectivity index (χ1) is 21.0. The van der Waals surface area contributed by atoms with Crippen molar-refractivity contribution in [2.24, 2.45) is 5.92 Å². The van der Waals surface area contributed by atoms with Crippen molar-refractivity contribution >= 4 is 6.09 Å². The third-order valence-electron chi connectivity index (χ3n) is 8.81. The van der Waals surface area contributed by atoms with Gasteiger partial charge in [0.25, 0.3) is 0 Å². The number of nitrogens with zero attached hydrogens (tertiary/aromatic N) is 2. The lowest BCUT2D eigenvalue weighted by molar-refractivity contribution is -0.182. The molecule has 8 heteroatoms. The van der Waals surface area contributed by atoms with E-state index in [4.69, 9.17) is 9.47 Å². The monoisotopic (exact) mass is 608 g/mol. The second-order valence-electron chi connectivity index (χ2n) is 13.1. The summed E-state index contributed by atoms with van der Waals surface area (Å²) in [5.41, 5.74) is 4.61. The van der Waals surface area contributed by atoms with Gasteiger partial charge in [-0.15, -0.1) is 0 Å². The van der Waals surface area contributed by atoms with Crippen LogP contribution in [0, 0.1) is 5.92 Å². The Morgan fingerprint density at radius 2 is 1.66 bits per heavy atom. The summed E-state index contributed by atoms with van der Waals surface area (Å²) in [5, 5.41) is 0. The molecule has 0 N–H and O–H groups in total. The van der Waals surface area contributed by atoms with Crippen LogP contribution < -0.4 is 4.74 Å². The molecule has 1 atom stereocenters. The minimum absolute atomic E-state index is 0.0996. The Balaban J connectivity index is 1.23. The molecule has 2 aliphatic carbocycles. The van der Waals surface area contributed by atoms with Gasteiger partial charge in [-0.25, -0.2) is 4.79 Å². The highest BCUT2D eigenvalue weighted by Gasteiger charge is 2.41. The maximum absolute atomic E-state index is 13.5. The van der Waals surface area contributed by atoms with Gasteiger partial charge in [-0.1, -0.05) is 48.5 Å². The van der Waals surface area contributed by atoms with Crippen LogP contribution in [-0.4, -0.2) is 34.3 Å². The first kappa shape index (κ1) is 31.9. The summed E-state index contributed by atoms with van der Waals surface area (Å²) in [5.74, 6) is -0.237. The van der Waals surface area contributed by atoms with Crippen LogP contribution in [0.1, 0.15) is 99.2 Å². The molecular formula is C36H43F3N2O3. The molecule has 1 unspecified atom stereocenters. The Kier molecular flexibility index (Phi) is 9.86. The van der Waals surface area contributed by atoms with Gasteiger partial charge in [-0.2, -0.15) is 13.2 Å². The number of alkyl halides is 3. The SMILES string of the molecule is CC(C)(C)OC(=O)N(CCc1ccccc1OCc1ccc(C2CCC(C(F)(F)F)CC2)cc1)C1CCCc2ncccc21. The number of hydrogen-bond donors (Lipinski definition) is 0. The number of pyridine rings is 1. The van der Waals surface area contributed by atoms with Gasteiger partial charge in [0, 0.05) is 18.4 Å². The normalized spacial score (nSPS) is 20.5. The minimum atomic E-state index is -4.09. The highest BCUT2D eigenvalue weighted by molar-refractivity contribution is 5.69. The van der Waals surface area contributed by atoms with E-state index in [9.17, 15) is 18.0 Å². The standard InChI is InChI=1S/C36H43F3N2O3/c1-35(2,3)44-34(42)41(32-11-6-10-31-30(32)9-7-22-40-31)23-21-28-8-4-5-12-33(28)43-24-25-13-15-26(16-14-25)27-17-19-29(20-18-27)36(37,38)39/h4-5,7-9,12-16,22,27,29,32H,6,10-11,17-21,23-24H2,1-3H3. The molecule has 0 saturated heterocycles.